The van der Waals surface area contributed by atoms with Crippen LogP contribution in [-0.4, -0.2) is 62.3 Å². The largest absolute Gasteiger partial charge is 0.382 e. The first-order valence-electron chi connectivity index (χ1n) is 14.7. The number of hydrogen-bond acceptors (Lipinski definition) is 5. The molecule has 224 valence electrons. The number of amides is 2. The summed E-state index contributed by atoms with van der Waals surface area (Å²) in [4.78, 5) is 29.4. The van der Waals surface area contributed by atoms with Gasteiger partial charge in [0.1, 0.15) is 6.04 Å². The van der Waals surface area contributed by atoms with Gasteiger partial charge in [0.25, 0.3) is 0 Å². The Balaban J connectivity index is 1.52. The number of nitrogens with zero attached hydrogens (tertiary/aromatic N) is 2. The summed E-state index contributed by atoms with van der Waals surface area (Å²) in [5.41, 5.74) is 2.52. The van der Waals surface area contributed by atoms with Gasteiger partial charge in [0.05, 0.1) is 4.90 Å². The van der Waals surface area contributed by atoms with Gasteiger partial charge in [-0.3, -0.25) is 9.59 Å². The van der Waals surface area contributed by atoms with Gasteiger partial charge in [-0.25, -0.2) is 8.42 Å². The first-order valence-corrected chi connectivity index (χ1v) is 16.2. The van der Waals surface area contributed by atoms with Crippen LogP contribution in [0.5, 0.6) is 0 Å². The van der Waals surface area contributed by atoms with Gasteiger partial charge in [0.2, 0.25) is 21.8 Å². The highest BCUT2D eigenvalue weighted by molar-refractivity contribution is 7.89. The van der Waals surface area contributed by atoms with Gasteiger partial charge < -0.3 is 15.0 Å². The molecule has 0 aromatic heterocycles. The molecule has 1 fully saturated rings. The van der Waals surface area contributed by atoms with Gasteiger partial charge in [-0.15, -0.1) is 0 Å². The van der Waals surface area contributed by atoms with Gasteiger partial charge in [-0.2, -0.15) is 4.31 Å². The molecular formula is C33H41N3O5S. The van der Waals surface area contributed by atoms with Crippen LogP contribution in [0.2, 0.25) is 0 Å². The summed E-state index contributed by atoms with van der Waals surface area (Å²) < 4.78 is 32.7. The minimum Gasteiger partial charge on any atom is -0.382 e. The number of carbonyl (C=O) groups excluding carboxylic acids is 2. The number of carbonyl (C=O) groups is 2. The highest BCUT2D eigenvalue weighted by Gasteiger charge is 2.31. The highest BCUT2D eigenvalue weighted by Crippen LogP contribution is 2.26. The minimum atomic E-state index is -3.49. The second-order valence-corrected chi connectivity index (χ2v) is 12.4. The molecule has 2 amide bonds. The Hall–Kier alpha value is -3.53. The van der Waals surface area contributed by atoms with Gasteiger partial charge >= 0.3 is 0 Å². The van der Waals surface area contributed by atoms with E-state index in [-0.39, 0.29) is 29.7 Å². The summed E-state index contributed by atoms with van der Waals surface area (Å²) in [6.07, 6.45) is 3.04. The normalized spacial score (nSPS) is 14.4. The molecule has 1 saturated heterocycles. The lowest BCUT2D eigenvalue weighted by molar-refractivity contribution is -0.141. The van der Waals surface area contributed by atoms with Crippen molar-refractivity contribution in [3.05, 3.63) is 102 Å². The molecular weight excluding hydrogens is 550 g/mol. The number of sulfonamides is 1. The van der Waals surface area contributed by atoms with Gasteiger partial charge in [-0.05, 0) is 61.4 Å². The van der Waals surface area contributed by atoms with E-state index in [1.165, 1.54) is 4.31 Å². The zero-order chi connectivity index (χ0) is 29.8. The van der Waals surface area contributed by atoms with Crippen molar-refractivity contribution in [1.29, 1.82) is 0 Å². The van der Waals surface area contributed by atoms with Crippen molar-refractivity contribution in [2.45, 2.75) is 56.5 Å². The van der Waals surface area contributed by atoms with Crippen LogP contribution in [0.1, 0.15) is 55.3 Å². The monoisotopic (exact) mass is 591 g/mol. The number of rotatable bonds is 15. The molecule has 9 heteroatoms. The fourth-order valence-corrected chi connectivity index (χ4v) is 6.66. The molecule has 0 unspecified atom stereocenters. The van der Waals surface area contributed by atoms with Crippen molar-refractivity contribution >= 4 is 21.8 Å². The summed E-state index contributed by atoms with van der Waals surface area (Å²) in [5.74, 6) is -0.399. The van der Waals surface area contributed by atoms with E-state index in [9.17, 15) is 18.0 Å². The van der Waals surface area contributed by atoms with Crippen LogP contribution in [0.15, 0.2) is 89.8 Å². The van der Waals surface area contributed by atoms with E-state index in [4.69, 9.17) is 4.74 Å². The molecule has 4 rings (SSSR count). The Morgan fingerprint density at radius 2 is 1.55 bits per heavy atom. The quantitative estimate of drug-likeness (QED) is 0.258. The fourth-order valence-electron chi connectivity index (χ4n) is 5.14. The molecule has 0 spiro atoms. The van der Waals surface area contributed by atoms with Crippen LogP contribution in [0.4, 0.5) is 0 Å². The number of hydrogen-bond donors (Lipinski definition) is 1. The second kappa shape index (κ2) is 15.6. The Bertz CT molecular complexity index is 1380. The first-order chi connectivity index (χ1) is 20.4. The number of aryl methyl sites for hydroxylation is 1. The van der Waals surface area contributed by atoms with Crippen LogP contribution in [-0.2, 0) is 37.3 Å². The van der Waals surface area contributed by atoms with Crippen molar-refractivity contribution in [3.8, 4) is 0 Å². The third-order valence-electron chi connectivity index (χ3n) is 7.41. The molecule has 8 nitrogen and oxygen atoms in total. The van der Waals surface area contributed by atoms with Gasteiger partial charge in [-0.1, -0.05) is 72.8 Å². The molecule has 1 atom stereocenters. The molecule has 0 saturated carbocycles. The standard InChI is InChI=1S/C33H41N3O5S/c1-2-41-25-11-22-34-33(38)32(29-14-7-4-8-15-29)36(26-28-12-5-3-6-13-28)31(37)21-18-27-16-19-30(20-17-27)42(39,40)35-23-9-10-24-35/h3-8,12-17,19-20,32H,2,9-11,18,21-26H2,1H3,(H,34,38)/t32-/m1/s1. The summed E-state index contributed by atoms with van der Waals surface area (Å²) in [5, 5.41) is 3.00. The molecule has 1 N–H and O–H groups in total. The lowest BCUT2D eigenvalue weighted by Crippen LogP contribution is -2.43. The lowest BCUT2D eigenvalue weighted by Gasteiger charge is -2.32. The molecule has 1 aliphatic heterocycles. The van der Waals surface area contributed by atoms with E-state index in [1.54, 1.807) is 29.2 Å². The molecule has 1 heterocycles. The maximum Gasteiger partial charge on any atom is 0.247 e. The van der Waals surface area contributed by atoms with Crippen LogP contribution in [0.25, 0.3) is 0 Å². The average molecular weight is 592 g/mol. The molecule has 1 aliphatic rings. The Labute approximate surface area is 249 Å². The summed E-state index contributed by atoms with van der Waals surface area (Å²) in [6.45, 7) is 4.94. The topological polar surface area (TPSA) is 96.0 Å². The van der Waals surface area contributed by atoms with E-state index in [0.29, 0.717) is 45.7 Å². The summed E-state index contributed by atoms with van der Waals surface area (Å²) in [6, 6.07) is 25.0. The van der Waals surface area contributed by atoms with Crippen LogP contribution < -0.4 is 5.32 Å². The summed E-state index contributed by atoms with van der Waals surface area (Å²) in [7, 11) is -3.49. The molecule has 3 aromatic rings. The summed E-state index contributed by atoms with van der Waals surface area (Å²) >= 11 is 0. The molecule has 0 aliphatic carbocycles. The lowest BCUT2D eigenvalue weighted by atomic mass is 10.0. The van der Waals surface area contributed by atoms with E-state index in [1.807, 2.05) is 67.6 Å². The van der Waals surface area contributed by atoms with E-state index < -0.39 is 16.1 Å². The molecule has 3 aromatic carbocycles. The molecule has 0 radical (unpaired) electrons. The van der Waals surface area contributed by atoms with Crippen LogP contribution in [0, 0.1) is 0 Å². The first kappa shape index (κ1) is 31.4. The average Bonchev–Trinajstić information content (AvgIpc) is 3.57. The SMILES string of the molecule is CCOCCCNC(=O)[C@@H](c1ccccc1)N(Cc1ccccc1)C(=O)CCc1ccc(S(=O)(=O)N2CCCC2)cc1. The zero-order valence-electron chi connectivity index (χ0n) is 24.3. The van der Waals surface area contributed by atoms with Crippen LogP contribution >= 0.6 is 0 Å². The third kappa shape index (κ3) is 8.50. The van der Waals surface area contributed by atoms with E-state index >= 15 is 0 Å². The third-order valence-corrected chi connectivity index (χ3v) is 9.33. The number of benzene rings is 3. The van der Waals surface area contributed by atoms with Gasteiger partial charge in [0, 0.05) is 45.8 Å². The predicted molar refractivity (Wildman–Crippen MR) is 163 cm³/mol. The Morgan fingerprint density at radius 1 is 0.905 bits per heavy atom. The van der Waals surface area contributed by atoms with Crippen molar-refractivity contribution < 1.29 is 22.7 Å². The van der Waals surface area contributed by atoms with Crippen molar-refractivity contribution in [1.82, 2.24) is 14.5 Å². The fraction of sp³-hybridized carbons (Fsp3) is 0.394. The number of nitrogens with one attached hydrogen (secondary N) is 1. The smallest absolute Gasteiger partial charge is 0.247 e. The van der Waals surface area contributed by atoms with Crippen molar-refractivity contribution in [2.75, 3.05) is 32.8 Å². The molecule has 42 heavy (non-hydrogen) atoms. The van der Waals surface area contributed by atoms with E-state index in [0.717, 1.165) is 29.5 Å². The van der Waals surface area contributed by atoms with Crippen molar-refractivity contribution in [2.24, 2.45) is 0 Å². The predicted octanol–water partition coefficient (Wildman–Crippen LogP) is 4.72. The Morgan fingerprint density at radius 3 is 2.19 bits per heavy atom. The van der Waals surface area contributed by atoms with Crippen molar-refractivity contribution in [3.63, 3.8) is 0 Å². The Kier molecular flexibility index (Phi) is 11.7. The maximum atomic E-state index is 13.9. The van der Waals surface area contributed by atoms with E-state index in [2.05, 4.69) is 5.32 Å². The zero-order valence-corrected chi connectivity index (χ0v) is 25.1. The van der Waals surface area contributed by atoms with Crippen LogP contribution in [0.3, 0.4) is 0 Å². The second-order valence-electron chi connectivity index (χ2n) is 10.4. The minimum absolute atomic E-state index is 0.161. The molecule has 0 bridgehead atoms. The highest BCUT2D eigenvalue weighted by atomic mass is 32.2. The number of ether oxygens (including phenoxy) is 1. The van der Waals surface area contributed by atoms with Gasteiger partial charge in [0.15, 0.2) is 0 Å². The maximum absolute atomic E-state index is 13.9.